The number of carbonyl (C=O) groups excluding carboxylic acids is 1. The molecule has 0 spiro atoms. The second-order valence-electron chi connectivity index (χ2n) is 7.29. The third kappa shape index (κ3) is 5.60. The predicted octanol–water partition coefficient (Wildman–Crippen LogP) is 4.37. The maximum atomic E-state index is 12.7. The Morgan fingerprint density at radius 1 is 0.871 bits per heavy atom. The topological polar surface area (TPSA) is 66.5 Å². The normalized spacial score (nSPS) is 11.1. The van der Waals surface area contributed by atoms with Crippen molar-refractivity contribution in [2.24, 2.45) is 0 Å². The zero-order chi connectivity index (χ0) is 22.4. The molecular weight excluding hydrogens is 408 g/mol. The number of nitrogens with one attached hydrogen (secondary N) is 1. The summed E-state index contributed by atoms with van der Waals surface area (Å²) in [6, 6.07) is 22.7. The van der Waals surface area contributed by atoms with E-state index in [0.717, 1.165) is 11.1 Å². The minimum Gasteiger partial charge on any atom is -0.322 e. The van der Waals surface area contributed by atoms with Gasteiger partial charge in [0, 0.05) is 35.5 Å². The summed E-state index contributed by atoms with van der Waals surface area (Å²) in [7, 11) is -2.15. The van der Waals surface area contributed by atoms with Crippen LogP contribution in [0.5, 0.6) is 0 Å². The van der Waals surface area contributed by atoms with Crippen LogP contribution in [0.4, 0.5) is 5.69 Å². The van der Waals surface area contributed by atoms with E-state index in [2.05, 4.69) is 17.2 Å². The molecule has 158 valence electrons. The molecule has 0 atom stereocenters. The molecule has 5 nitrogen and oxygen atoms in total. The van der Waals surface area contributed by atoms with Gasteiger partial charge in [0.25, 0.3) is 5.91 Å². The third-order valence-corrected chi connectivity index (χ3v) is 6.78. The minimum absolute atomic E-state index is 0.0822. The molecule has 1 N–H and O–H groups in total. The molecule has 1 amide bonds. The highest BCUT2D eigenvalue weighted by Gasteiger charge is 2.23. The molecule has 31 heavy (non-hydrogen) atoms. The maximum Gasteiger partial charge on any atom is 0.255 e. The van der Waals surface area contributed by atoms with E-state index in [9.17, 15) is 13.2 Å². The molecule has 0 fully saturated rings. The molecule has 0 aliphatic rings. The van der Waals surface area contributed by atoms with E-state index in [1.807, 2.05) is 42.5 Å². The van der Waals surface area contributed by atoms with Crippen LogP contribution in [0, 0.1) is 11.8 Å². The lowest BCUT2D eigenvalue weighted by atomic mass is 10.1. The van der Waals surface area contributed by atoms with Crippen LogP contribution in [0.15, 0.2) is 83.8 Å². The van der Waals surface area contributed by atoms with Crippen LogP contribution in [-0.4, -0.2) is 31.7 Å². The molecule has 0 unspecified atom stereocenters. The lowest BCUT2D eigenvalue weighted by Gasteiger charge is -2.21. The Hall–Kier alpha value is -3.40. The van der Waals surface area contributed by atoms with Crippen molar-refractivity contribution in [3.05, 3.63) is 95.6 Å². The zero-order valence-corrected chi connectivity index (χ0v) is 18.5. The average molecular weight is 433 g/mol. The highest BCUT2D eigenvalue weighted by Crippen LogP contribution is 2.19. The summed E-state index contributed by atoms with van der Waals surface area (Å²) < 4.78 is 26.7. The van der Waals surface area contributed by atoms with Gasteiger partial charge in [0.05, 0.1) is 4.90 Å². The fourth-order valence-corrected chi connectivity index (χ4v) is 4.20. The lowest BCUT2D eigenvalue weighted by Crippen LogP contribution is -2.33. The largest absolute Gasteiger partial charge is 0.322 e. The Balaban J connectivity index is 1.79. The molecule has 3 aromatic rings. The molecule has 3 rings (SSSR count). The molecule has 0 radical (unpaired) electrons. The standard InChI is InChI=1S/C25H24N2O3S/c1-19(2)27(3)31(29,30)24-14-8-12-22(18-24)25(28)26-23-13-7-11-21(17-23)16-15-20-9-5-4-6-10-20/h4-14,17-19H,1-3H3,(H,26,28). The number of hydrogen-bond donors (Lipinski definition) is 1. The molecule has 0 saturated heterocycles. The van der Waals surface area contributed by atoms with Crippen LogP contribution < -0.4 is 5.32 Å². The van der Waals surface area contributed by atoms with Crippen molar-refractivity contribution in [3.63, 3.8) is 0 Å². The molecule has 0 aromatic heterocycles. The molecule has 0 heterocycles. The zero-order valence-electron chi connectivity index (χ0n) is 17.7. The van der Waals surface area contributed by atoms with E-state index < -0.39 is 15.9 Å². The van der Waals surface area contributed by atoms with E-state index in [-0.39, 0.29) is 16.5 Å². The van der Waals surface area contributed by atoms with Gasteiger partial charge in [-0.25, -0.2) is 8.42 Å². The SMILES string of the molecule is CC(C)N(C)S(=O)(=O)c1cccc(C(=O)Nc2cccc(C#Cc3ccccc3)c2)c1. The molecule has 6 heteroatoms. The quantitative estimate of drug-likeness (QED) is 0.609. The van der Waals surface area contributed by atoms with Gasteiger partial charge in [-0.2, -0.15) is 4.31 Å². The summed E-state index contributed by atoms with van der Waals surface area (Å²) in [4.78, 5) is 12.8. The first-order valence-corrected chi connectivity index (χ1v) is 11.3. The highest BCUT2D eigenvalue weighted by molar-refractivity contribution is 7.89. The van der Waals surface area contributed by atoms with Crippen molar-refractivity contribution < 1.29 is 13.2 Å². The van der Waals surface area contributed by atoms with Crippen molar-refractivity contribution in [2.75, 3.05) is 12.4 Å². The van der Waals surface area contributed by atoms with Gasteiger partial charge in [-0.15, -0.1) is 0 Å². The Labute approximate surface area is 183 Å². The summed E-state index contributed by atoms with van der Waals surface area (Å²) in [5, 5.41) is 2.81. The van der Waals surface area contributed by atoms with Crippen molar-refractivity contribution in [1.82, 2.24) is 4.31 Å². The average Bonchev–Trinajstić information content (AvgIpc) is 2.78. The monoisotopic (exact) mass is 432 g/mol. The number of hydrogen-bond acceptors (Lipinski definition) is 3. The first-order valence-electron chi connectivity index (χ1n) is 9.84. The van der Waals surface area contributed by atoms with Gasteiger partial charge in [0.2, 0.25) is 10.0 Å². The van der Waals surface area contributed by atoms with E-state index in [1.54, 1.807) is 38.1 Å². The number of carbonyl (C=O) groups is 1. The van der Waals surface area contributed by atoms with Gasteiger partial charge in [0.15, 0.2) is 0 Å². The molecule has 0 bridgehead atoms. The molecule has 0 aliphatic carbocycles. The number of amides is 1. The second-order valence-corrected chi connectivity index (χ2v) is 9.29. The van der Waals surface area contributed by atoms with E-state index in [1.165, 1.54) is 23.5 Å². The number of anilines is 1. The number of nitrogens with zero attached hydrogens (tertiary/aromatic N) is 1. The molecule has 0 saturated carbocycles. The van der Waals surface area contributed by atoms with Crippen LogP contribution in [0.3, 0.4) is 0 Å². The summed E-state index contributed by atoms with van der Waals surface area (Å²) in [6.07, 6.45) is 0. The summed E-state index contributed by atoms with van der Waals surface area (Å²) in [5.74, 6) is 5.77. The Bertz CT molecular complexity index is 1240. The van der Waals surface area contributed by atoms with Gasteiger partial charge in [-0.1, -0.05) is 42.2 Å². The Morgan fingerprint density at radius 3 is 2.23 bits per heavy atom. The first-order chi connectivity index (χ1) is 14.8. The molecule has 3 aromatic carbocycles. The van der Waals surface area contributed by atoms with Crippen molar-refractivity contribution in [1.29, 1.82) is 0 Å². The lowest BCUT2D eigenvalue weighted by molar-refractivity contribution is 0.102. The van der Waals surface area contributed by atoms with Crippen molar-refractivity contribution in [2.45, 2.75) is 24.8 Å². The van der Waals surface area contributed by atoms with Crippen LogP contribution in [0.1, 0.15) is 35.3 Å². The first kappa shape index (κ1) is 22.3. The second kappa shape index (κ2) is 9.61. The summed E-state index contributed by atoms with van der Waals surface area (Å²) in [6.45, 7) is 3.59. The highest BCUT2D eigenvalue weighted by atomic mass is 32.2. The fraction of sp³-hybridized carbons (Fsp3) is 0.160. The van der Waals surface area contributed by atoms with Crippen LogP contribution >= 0.6 is 0 Å². The smallest absolute Gasteiger partial charge is 0.255 e. The predicted molar refractivity (Wildman–Crippen MR) is 123 cm³/mol. The number of benzene rings is 3. The summed E-state index contributed by atoms with van der Waals surface area (Å²) in [5.41, 5.74) is 2.51. The van der Waals surface area contributed by atoms with Crippen LogP contribution in [0.25, 0.3) is 0 Å². The van der Waals surface area contributed by atoms with Crippen LogP contribution in [-0.2, 0) is 10.0 Å². The van der Waals surface area contributed by atoms with E-state index >= 15 is 0 Å². The number of rotatable bonds is 5. The van der Waals surface area contributed by atoms with Gasteiger partial charge >= 0.3 is 0 Å². The van der Waals surface area contributed by atoms with Gasteiger partial charge in [0.1, 0.15) is 0 Å². The molecule has 0 aliphatic heterocycles. The van der Waals surface area contributed by atoms with E-state index in [4.69, 9.17) is 0 Å². The van der Waals surface area contributed by atoms with Crippen molar-refractivity contribution in [3.8, 4) is 11.8 Å². The summed E-state index contributed by atoms with van der Waals surface area (Å²) >= 11 is 0. The van der Waals surface area contributed by atoms with Gasteiger partial charge < -0.3 is 5.32 Å². The van der Waals surface area contributed by atoms with E-state index in [0.29, 0.717) is 5.69 Å². The molecular formula is C25H24N2O3S. The minimum atomic E-state index is -3.67. The Morgan fingerprint density at radius 2 is 1.52 bits per heavy atom. The Kier molecular flexibility index (Phi) is 6.91. The number of sulfonamides is 1. The van der Waals surface area contributed by atoms with Crippen LogP contribution in [0.2, 0.25) is 0 Å². The third-order valence-electron chi connectivity index (χ3n) is 4.75. The van der Waals surface area contributed by atoms with Gasteiger partial charge in [-0.05, 0) is 62.4 Å². The van der Waals surface area contributed by atoms with Gasteiger partial charge in [-0.3, -0.25) is 4.79 Å². The fourth-order valence-electron chi connectivity index (χ4n) is 2.79. The maximum absolute atomic E-state index is 12.7. The van der Waals surface area contributed by atoms with Crippen molar-refractivity contribution >= 4 is 21.6 Å².